The number of hydrogen-bond acceptors (Lipinski definition) is 6. The fourth-order valence-electron chi connectivity index (χ4n) is 7.15. The maximum Gasteiger partial charge on any atom is 0.268 e. The number of hydrogen-bond donors (Lipinski definition) is 2. The van der Waals surface area contributed by atoms with Crippen LogP contribution in [0.2, 0.25) is 0 Å². The Morgan fingerprint density at radius 3 is 1.34 bits per heavy atom. The molecule has 334 valence electrons. The van der Waals surface area contributed by atoms with Crippen LogP contribution in [0.5, 0.6) is 0 Å². The number of nitrogens with zero attached hydrogens (tertiary/aromatic N) is 1. The Hall–Kier alpha value is -0.760. The molecule has 9 heteroatoms. The summed E-state index contributed by atoms with van der Waals surface area (Å²) in [4.78, 5) is 25.1. The Morgan fingerprint density at radius 2 is 0.964 bits per heavy atom. The summed E-state index contributed by atoms with van der Waals surface area (Å²) in [6.45, 7) is 4.58. The molecule has 0 aromatic carbocycles. The van der Waals surface area contributed by atoms with E-state index in [-0.39, 0.29) is 19.1 Å². The highest BCUT2D eigenvalue weighted by Crippen LogP contribution is 2.38. The average molecular weight is 815 g/mol. The number of likely N-dealkylation sites (N-methyl/N-ethyl adjacent to an activating group) is 1. The van der Waals surface area contributed by atoms with E-state index in [1.54, 1.807) is 6.08 Å². The van der Waals surface area contributed by atoms with Gasteiger partial charge < -0.3 is 28.8 Å². The quantitative estimate of drug-likeness (QED) is 0.0274. The molecule has 0 fully saturated rings. The maximum atomic E-state index is 12.8. The lowest BCUT2D eigenvalue weighted by Crippen LogP contribution is -2.45. The Kier molecular flexibility index (Phi) is 39.1. The highest BCUT2D eigenvalue weighted by Gasteiger charge is 2.23. The van der Waals surface area contributed by atoms with Crippen LogP contribution in [0.1, 0.15) is 232 Å². The van der Waals surface area contributed by atoms with Gasteiger partial charge in [-0.25, -0.2) is 0 Å². The first-order valence-corrected chi connectivity index (χ1v) is 25.5. The molecule has 56 heavy (non-hydrogen) atoms. The van der Waals surface area contributed by atoms with Gasteiger partial charge in [0, 0.05) is 6.42 Å². The molecular weight excluding hydrogens is 719 g/mol. The van der Waals surface area contributed by atoms with E-state index in [9.17, 15) is 19.4 Å². The van der Waals surface area contributed by atoms with Gasteiger partial charge in [0.15, 0.2) is 0 Å². The number of amides is 1. The van der Waals surface area contributed by atoms with Crippen LogP contribution in [-0.2, 0) is 18.4 Å². The van der Waals surface area contributed by atoms with Gasteiger partial charge in [-0.2, -0.15) is 0 Å². The SMILES string of the molecule is CCCCCC/C=C/C(O)C(COP(=O)([O-])OCC[N+](C)(C)C)NC(=O)CCCCCCCCCCCCCCCCCCCCCCCCCCCCCC. The molecule has 0 aromatic heterocycles. The summed E-state index contributed by atoms with van der Waals surface area (Å²) >= 11 is 0. The first-order valence-electron chi connectivity index (χ1n) is 24.1. The molecule has 3 atom stereocenters. The number of rotatable bonds is 44. The Bertz CT molecular complexity index is 927. The second-order valence-electron chi connectivity index (χ2n) is 17.8. The lowest BCUT2D eigenvalue weighted by molar-refractivity contribution is -0.870. The van der Waals surface area contributed by atoms with E-state index in [1.165, 1.54) is 167 Å². The van der Waals surface area contributed by atoms with Crippen LogP contribution >= 0.6 is 7.82 Å². The zero-order valence-corrected chi connectivity index (χ0v) is 38.7. The number of aliphatic hydroxyl groups is 1. The number of phosphoric acid groups is 1. The molecular formula is C47H95N2O6P. The molecule has 0 spiro atoms. The van der Waals surface area contributed by atoms with Crippen LogP contribution < -0.4 is 10.2 Å². The van der Waals surface area contributed by atoms with Crippen molar-refractivity contribution in [2.75, 3.05) is 40.9 Å². The van der Waals surface area contributed by atoms with Crippen molar-refractivity contribution in [2.24, 2.45) is 0 Å². The van der Waals surface area contributed by atoms with Crippen molar-refractivity contribution in [3.8, 4) is 0 Å². The molecule has 0 heterocycles. The molecule has 3 unspecified atom stereocenters. The molecule has 2 N–H and O–H groups in total. The molecule has 0 bridgehead atoms. The Balaban J connectivity index is 3.89. The third kappa shape index (κ3) is 41.4. The highest BCUT2D eigenvalue weighted by atomic mass is 31.2. The fourth-order valence-corrected chi connectivity index (χ4v) is 7.88. The molecule has 0 saturated carbocycles. The van der Waals surface area contributed by atoms with Crippen molar-refractivity contribution in [1.82, 2.24) is 5.32 Å². The molecule has 1 amide bonds. The molecule has 0 aliphatic carbocycles. The molecule has 0 aliphatic rings. The van der Waals surface area contributed by atoms with E-state index >= 15 is 0 Å². The van der Waals surface area contributed by atoms with Crippen LogP contribution in [0.15, 0.2) is 12.2 Å². The topological polar surface area (TPSA) is 108 Å². The second-order valence-corrected chi connectivity index (χ2v) is 19.2. The summed E-state index contributed by atoms with van der Waals surface area (Å²) < 4.78 is 23.0. The monoisotopic (exact) mass is 815 g/mol. The zero-order chi connectivity index (χ0) is 41.4. The van der Waals surface area contributed by atoms with Crippen molar-refractivity contribution in [3.63, 3.8) is 0 Å². The number of nitrogens with one attached hydrogen (secondary N) is 1. The molecule has 0 aromatic rings. The molecule has 0 radical (unpaired) electrons. The van der Waals surface area contributed by atoms with E-state index in [1.807, 2.05) is 27.2 Å². The van der Waals surface area contributed by atoms with Crippen LogP contribution in [-0.4, -0.2) is 68.5 Å². The molecule has 0 saturated heterocycles. The van der Waals surface area contributed by atoms with E-state index in [4.69, 9.17) is 9.05 Å². The highest BCUT2D eigenvalue weighted by molar-refractivity contribution is 7.45. The predicted molar refractivity (Wildman–Crippen MR) is 238 cm³/mol. The van der Waals surface area contributed by atoms with Crippen LogP contribution in [0.4, 0.5) is 0 Å². The number of carbonyl (C=O) groups is 1. The Labute approximate surface area is 348 Å². The summed E-state index contributed by atoms with van der Waals surface area (Å²) in [5.74, 6) is -0.199. The van der Waals surface area contributed by atoms with E-state index < -0.39 is 20.0 Å². The smallest absolute Gasteiger partial charge is 0.268 e. The van der Waals surface area contributed by atoms with Crippen molar-refractivity contribution in [1.29, 1.82) is 0 Å². The third-order valence-corrected chi connectivity index (χ3v) is 12.0. The zero-order valence-electron chi connectivity index (χ0n) is 37.9. The van der Waals surface area contributed by atoms with Gasteiger partial charge in [-0.3, -0.25) is 9.36 Å². The number of allylic oxidation sites excluding steroid dienone is 1. The van der Waals surface area contributed by atoms with Gasteiger partial charge in [0.25, 0.3) is 7.82 Å². The van der Waals surface area contributed by atoms with Crippen molar-refractivity contribution >= 4 is 13.7 Å². The van der Waals surface area contributed by atoms with Crippen LogP contribution in [0.3, 0.4) is 0 Å². The second kappa shape index (κ2) is 39.7. The van der Waals surface area contributed by atoms with E-state index in [0.717, 1.165) is 44.9 Å². The van der Waals surface area contributed by atoms with E-state index in [2.05, 4.69) is 19.2 Å². The summed E-state index contributed by atoms with van der Waals surface area (Å²) in [5.41, 5.74) is 0. The summed E-state index contributed by atoms with van der Waals surface area (Å²) in [5, 5.41) is 13.6. The van der Waals surface area contributed by atoms with E-state index in [0.29, 0.717) is 17.4 Å². The number of unbranched alkanes of at least 4 members (excludes halogenated alkanes) is 31. The van der Waals surface area contributed by atoms with Crippen LogP contribution in [0, 0.1) is 0 Å². The number of phosphoric ester groups is 1. The van der Waals surface area contributed by atoms with Crippen molar-refractivity contribution < 1.29 is 32.9 Å². The van der Waals surface area contributed by atoms with Gasteiger partial charge in [-0.05, 0) is 19.3 Å². The number of carbonyl (C=O) groups excluding carboxylic acids is 1. The summed E-state index contributed by atoms with van der Waals surface area (Å²) in [6.07, 6.45) is 46.1. The average Bonchev–Trinajstić information content (AvgIpc) is 3.15. The Morgan fingerprint density at radius 1 is 0.607 bits per heavy atom. The van der Waals surface area contributed by atoms with Gasteiger partial charge in [-0.15, -0.1) is 0 Å². The van der Waals surface area contributed by atoms with Gasteiger partial charge in [0.2, 0.25) is 5.91 Å². The standard InChI is InChI=1S/C47H95N2O6P/c1-6-8-10-12-14-15-16-17-18-19-20-21-22-23-24-25-26-27-28-29-30-31-32-33-34-35-37-39-41-47(51)48-45(46(50)40-38-36-13-11-9-7-2)44-55-56(52,53)54-43-42-49(3,4)5/h38,40,45-46,50H,6-37,39,41-44H2,1-5H3,(H-,48,51,52,53)/b40-38+. The first-order chi connectivity index (χ1) is 27.0. The number of quaternary nitrogens is 1. The van der Waals surface area contributed by atoms with Gasteiger partial charge in [0.1, 0.15) is 13.2 Å². The first kappa shape index (κ1) is 55.2. The van der Waals surface area contributed by atoms with Crippen molar-refractivity contribution in [2.45, 2.75) is 244 Å². The van der Waals surface area contributed by atoms with Gasteiger partial charge in [0.05, 0.1) is 39.9 Å². The molecule has 0 aliphatic heterocycles. The number of aliphatic hydroxyl groups excluding tert-OH is 1. The van der Waals surface area contributed by atoms with Crippen molar-refractivity contribution in [3.05, 3.63) is 12.2 Å². The minimum atomic E-state index is -4.57. The molecule has 0 rings (SSSR count). The van der Waals surface area contributed by atoms with Gasteiger partial charge in [-0.1, -0.05) is 219 Å². The lowest BCUT2D eigenvalue weighted by atomic mass is 10.0. The largest absolute Gasteiger partial charge is 0.756 e. The van der Waals surface area contributed by atoms with Gasteiger partial charge >= 0.3 is 0 Å². The lowest BCUT2D eigenvalue weighted by Gasteiger charge is -2.29. The third-order valence-electron chi connectivity index (χ3n) is 11.0. The predicted octanol–water partition coefficient (Wildman–Crippen LogP) is 12.9. The fraction of sp³-hybridized carbons (Fsp3) is 0.936. The molecule has 8 nitrogen and oxygen atoms in total. The van der Waals surface area contributed by atoms with Crippen LogP contribution in [0.25, 0.3) is 0 Å². The maximum absolute atomic E-state index is 12.8. The normalized spacial score (nSPS) is 14.3. The minimum absolute atomic E-state index is 0.00116. The summed E-state index contributed by atoms with van der Waals surface area (Å²) in [7, 11) is 1.27. The summed E-state index contributed by atoms with van der Waals surface area (Å²) in [6, 6.07) is -0.877. The minimum Gasteiger partial charge on any atom is -0.756 e.